The van der Waals surface area contributed by atoms with Crippen LogP contribution in [-0.4, -0.2) is 11.7 Å². The molecule has 0 aliphatic rings. The Kier molecular flexibility index (Phi) is 2.46. The number of nitrogens with zero attached hydrogens (tertiary/aromatic N) is 1. The number of hydrogen-bond acceptors (Lipinski definition) is 1. The van der Waals surface area contributed by atoms with Crippen LogP contribution in [0.15, 0.2) is 4.99 Å². The Labute approximate surface area is 40.2 Å². The Morgan fingerprint density at radius 3 is 2.20 bits per heavy atom. The van der Waals surface area contributed by atoms with E-state index >= 15 is 0 Å². The summed E-state index contributed by atoms with van der Waals surface area (Å²) in [4.78, 5) is 3.77. The molecule has 2 heteroatoms. The summed E-state index contributed by atoms with van der Waals surface area (Å²) >= 11 is 3.14. The van der Waals surface area contributed by atoms with Gasteiger partial charge >= 0.3 is 0 Å². The highest BCUT2D eigenvalue weighted by Gasteiger charge is 1.77. The van der Waals surface area contributed by atoms with Gasteiger partial charge in [0.2, 0.25) is 0 Å². The molecule has 0 aliphatic carbocycles. The molecular weight excluding hydrogens is 130 g/mol. The summed E-state index contributed by atoms with van der Waals surface area (Å²) < 4.78 is 0. The molecule has 5 heavy (non-hydrogen) atoms. The van der Waals surface area contributed by atoms with Crippen LogP contribution in [0.3, 0.4) is 0 Å². The first kappa shape index (κ1) is 5.15. The quantitative estimate of drug-likeness (QED) is 0.293. The van der Waals surface area contributed by atoms with Gasteiger partial charge in [0.05, 0.1) is 0 Å². The number of hydrogen-bond donors (Lipinski definition) is 0. The highest BCUT2D eigenvalue weighted by Crippen LogP contribution is 1.93. The fourth-order valence-corrected chi connectivity index (χ4v) is 0. The maximum atomic E-state index is 3.56. The zero-order valence-electron chi connectivity index (χ0n) is 3.11. The number of halogens is 1. The van der Waals surface area contributed by atoms with Gasteiger partial charge in [-0.15, -0.1) is 0 Å². The van der Waals surface area contributed by atoms with Crippen LogP contribution < -0.4 is 0 Å². The summed E-state index contributed by atoms with van der Waals surface area (Å²) in [6.07, 6.45) is 0. The largest absolute Gasteiger partial charge is 0.286 e. The second kappa shape index (κ2) is 2.39. The van der Waals surface area contributed by atoms with Crippen molar-refractivity contribution in [3.63, 3.8) is 0 Å². The van der Waals surface area contributed by atoms with E-state index in [0.717, 1.165) is 0 Å². The number of aliphatic imine (C=N–C) groups is 1. The van der Waals surface area contributed by atoms with E-state index in [2.05, 4.69) is 27.6 Å². The average Bonchev–Trinajstić information content (AvgIpc) is 1.38. The molecule has 0 rings (SSSR count). The minimum absolute atomic E-state index is 0.211. The van der Waals surface area contributed by atoms with Crippen molar-refractivity contribution in [3.05, 3.63) is 0 Å². The lowest BCUT2D eigenvalue weighted by atomic mass is 10.8. The van der Waals surface area contributed by atoms with E-state index in [1.807, 2.05) is 6.92 Å². The van der Waals surface area contributed by atoms with Gasteiger partial charge in [0, 0.05) is 0 Å². The smallest absolute Gasteiger partial charge is 0.101 e. The van der Waals surface area contributed by atoms with Crippen molar-refractivity contribution < 1.29 is 0 Å². The summed E-state index contributed by atoms with van der Waals surface area (Å²) in [6.45, 7) is 5.17. The molecule has 0 aromatic rings. The highest BCUT2D eigenvalue weighted by molar-refractivity contribution is 9.09. The number of rotatable bonds is 1. The van der Waals surface area contributed by atoms with Crippen LogP contribution in [0.2, 0.25) is 0 Å². The lowest BCUT2D eigenvalue weighted by molar-refractivity contribution is 1.08. The second-order valence-electron chi connectivity index (χ2n) is 0.757. The van der Waals surface area contributed by atoms with Crippen molar-refractivity contribution in [2.24, 2.45) is 4.99 Å². The molecule has 1 atom stereocenters. The maximum absolute atomic E-state index is 3.56. The topological polar surface area (TPSA) is 12.4 Å². The molecule has 0 heterocycles. The molecule has 0 aromatic carbocycles. The predicted octanol–water partition coefficient (Wildman–Crippen LogP) is 1.43. The molecule has 30 valence electrons. The van der Waals surface area contributed by atoms with E-state index in [1.165, 1.54) is 0 Å². The van der Waals surface area contributed by atoms with Crippen LogP contribution in [0.4, 0.5) is 0 Å². The van der Waals surface area contributed by atoms with Crippen LogP contribution in [0.1, 0.15) is 6.92 Å². The van der Waals surface area contributed by atoms with Gasteiger partial charge in [-0.2, -0.15) is 0 Å². The van der Waals surface area contributed by atoms with E-state index < -0.39 is 0 Å². The summed E-state index contributed by atoms with van der Waals surface area (Å²) in [6, 6.07) is 0. The van der Waals surface area contributed by atoms with E-state index in [1.54, 1.807) is 0 Å². The molecule has 0 fully saturated rings. The maximum Gasteiger partial charge on any atom is 0.101 e. The average molecular weight is 136 g/mol. The zero-order valence-corrected chi connectivity index (χ0v) is 4.70. The standard InChI is InChI=1S/C3H6BrN/c1-3(4)5-2/h3H,2H2,1H3. The van der Waals surface area contributed by atoms with Crippen molar-refractivity contribution in [3.8, 4) is 0 Å². The van der Waals surface area contributed by atoms with Gasteiger partial charge in [-0.3, -0.25) is 4.99 Å². The molecule has 0 radical (unpaired) electrons. The van der Waals surface area contributed by atoms with Crippen molar-refractivity contribution >= 4 is 22.6 Å². The van der Waals surface area contributed by atoms with Crippen molar-refractivity contribution in [2.75, 3.05) is 0 Å². The third kappa shape index (κ3) is 4.15. The first-order valence-corrected chi connectivity index (χ1v) is 2.29. The summed E-state index contributed by atoms with van der Waals surface area (Å²) in [5.74, 6) is 0. The Hall–Kier alpha value is 0.150. The summed E-state index contributed by atoms with van der Waals surface area (Å²) in [7, 11) is 0. The van der Waals surface area contributed by atoms with Gasteiger partial charge in [-0.05, 0) is 13.6 Å². The van der Waals surface area contributed by atoms with Crippen molar-refractivity contribution in [1.82, 2.24) is 0 Å². The van der Waals surface area contributed by atoms with Crippen molar-refractivity contribution in [2.45, 2.75) is 11.9 Å². The predicted molar refractivity (Wildman–Crippen MR) is 27.9 cm³/mol. The zero-order chi connectivity index (χ0) is 4.28. The fourth-order valence-electron chi connectivity index (χ4n) is 0. The lowest BCUT2D eigenvalue weighted by Crippen LogP contribution is -1.75. The molecule has 0 saturated carbocycles. The summed E-state index contributed by atoms with van der Waals surface area (Å²) in [5, 5.41) is 0. The fraction of sp³-hybridized carbons (Fsp3) is 0.667. The molecule has 0 saturated heterocycles. The number of alkyl halides is 1. The first-order valence-electron chi connectivity index (χ1n) is 1.37. The van der Waals surface area contributed by atoms with Crippen LogP contribution in [0, 0.1) is 0 Å². The molecule has 0 bridgehead atoms. The highest BCUT2D eigenvalue weighted by atomic mass is 79.9. The SMILES string of the molecule is C=NC(C)Br. The summed E-state index contributed by atoms with van der Waals surface area (Å²) in [5.41, 5.74) is 0. The minimum Gasteiger partial charge on any atom is -0.286 e. The van der Waals surface area contributed by atoms with Gasteiger partial charge in [0.25, 0.3) is 0 Å². The van der Waals surface area contributed by atoms with Gasteiger partial charge in [-0.25, -0.2) is 0 Å². The third-order valence-electron chi connectivity index (χ3n) is 0.252. The third-order valence-corrected chi connectivity index (χ3v) is 0.541. The molecule has 0 spiro atoms. The van der Waals surface area contributed by atoms with Gasteiger partial charge in [0.1, 0.15) is 4.95 Å². The molecule has 0 aromatic heterocycles. The monoisotopic (exact) mass is 135 g/mol. The van der Waals surface area contributed by atoms with Crippen LogP contribution in [-0.2, 0) is 0 Å². The molecule has 1 unspecified atom stereocenters. The van der Waals surface area contributed by atoms with Gasteiger partial charge in [0.15, 0.2) is 0 Å². The van der Waals surface area contributed by atoms with Crippen LogP contribution >= 0.6 is 15.9 Å². The van der Waals surface area contributed by atoms with E-state index in [-0.39, 0.29) is 4.95 Å². The molecular formula is C3H6BrN. The minimum atomic E-state index is 0.211. The van der Waals surface area contributed by atoms with Gasteiger partial charge < -0.3 is 0 Å². The first-order chi connectivity index (χ1) is 2.27. The van der Waals surface area contributed by atoms with Crippen molar-refractivity contribution in [1.29, 1.82) is 0 Å². The Morgan fingerprint density at radius 1 is 2.00 bits per heavy atom. The van der Waals surface area contributed by atoms with E-state index in [9.17, 15) is 0 Å². The second-order valence-corrected chi connectivity index (χ2v) is 2.08. The Morgan fingerprint density at radius 2 is 2.20 bits per heavy atom. The molecule has 0 N–H and O–H groups in total. The Bertz CT molecular complexity index is 33.9. The van der Waals surface area contributed by atoms with Crippen LogP contribution in [0.25, 0.3) is 0 Å². The molecule has 0 aliphatic heterocycles. The van der Waals surface area contributed by atoms with E-state index in [0.29, 0.717) is 0 Å². The van der Waals surface area contributed by atoms with Gasteiger partial charge in [-0.1, -0.05) is 15.9 Å². The normalized spacial score (nSPS) is 14.0. The van der Waals surface area contributed by atoms with E-state index in [4.69, 9.17) is 0 Å². The van der Waals surface area contributed by atoms with Crippen LogP contribution in [0.5, 0.6) is 0 Å². The molecule has 0 amide bonds. The Balaban J connectivity index is 2.83. The molecule has 1 nitrogen and oxygen atoms in total. The lowest BCUT2D eigenvalue weighted by Gasteiger charge is -1.82.